The van der Waals surface area contributed by atoms with Crippen molar-refractivity contribution >= 4 is 23.3 Å². The molecule has 2 aromatic rings. The minimum atomic E-state index is -0.197. The number of aromatic amines is 1. The lowest BCUT2D eigenvalue weighted by Gasteiger charge is -2.36. The number of hydrogen-bond acceptors (Lipinski definition) is 2. The Morgan fingerprint density at radius 2 is 2.21 bits per heavy atom. The normalized spacial score (nSPS) is 22.7. The van der Waals surface area contributed by atoms with E-state index >= 15 is 0 Å². The molecule has 1 heterocycles. The van der Waals surface area contributed by atoms with Gasteiger partial charge in [0.25, 0.3) is 0 Å². The van der Waals surface area contributed by atoms with Crippen molar-refractivity contribution in [3.8, 4) is 0 Å². The SMILES string of the molecule is CCOC1CC(n2c(=S)[nH]c3cc(F)c(C)cc32)C1. The van der Waals surface area contributed by atoms with E-state index in [4.69, 9.17) is 17.0 Å². The zero-order chi connectivity index (χ0) is 13.6. The number of rotatable bonds is 3. The summed E-state index contributed by atoms with van der Waals surface area (Å²) in [5.41, 5.74) is 2.41. The molecule has 1 N–H and O–H groups in total. The minimum absolute atomic E-state index is 0.197. The van der Waals surface area contributed by atoms with Gasteiger partial charge >= 0.3 is 0 Å². The fraction of sp³-hybridized carbons (Fsp3) is 0.500. The summed E-state index contributed by atoms with van der Waals surface area (Å²) in [5, 5.41) is 0. The lowest BCUT2D eigenvalue weighted by atomic mass is 9.89. The number of aryl methyl sites for hydroxylation is 1. The van der Waals surface area contributed by atoms with E-state index in [-0.39, 0.29) is 5.82 Å². The molecule has 1 aromatic carbocycles. The molecule has 1 aromatic heterocycles. The molecular weight excluding hydrogens is 263 g/mol. The van der Waals surface area contributed by atoms with E-state index in [1.165, 1.54) is 6.07 Å². The number of imidazole rings is 1. The van der Waals surface area contributed by atoms with Gasteiger partial charge in [-0.3, -0.25) is 0 Å². The van der Waals surface area contributed by atoms with E-state index in [9.17, 15) is 4.39 Å². The van der Waals surface area contributed by atoms with Crippen molar-refractivity contribution in [2.75, 3.05) is 6.61 Å². The Labute approximate surface area is 116 Å². The van der Waals surface area contributed by atoms with Crippen LogP contribution in [-0.2, 0) is 4.74 Å². The molecule has 3 nitrogen and oxygen atoms in total. The standard InChI is InChI=1S/C14H17FN2OS/c1-3-18-10-5-9(6-10)17-13-4-8(2)11(15)7-12(13)16-14(17)19/h4,7,9-10H,3,5-6H2,1-2H3,(H,16,19). The highest BCUT2D eigenvalue weighted by Crippen LogP contribution is 2.37. The maximum absolute atomic E-state index is 13.6. The second-order valence-corrected chi connectivity index (χ2v) is 5.51. The van der Waals surface area contributed by atoms with Crippen molar-refractivity contribution in [1.29, 1.82) is 0 Å². The van der Waals surface area contributed by atoms with E-state index in [0.29, 0.717) is 22.5 Å². The Morgan fingerprint density at radius 3 is 2.89 bits per heavy atom. The largest absolute Gasteiger partial charge is 0.378 e. The first-order valence-electron chi connectivity index (χ1n) is 6.62. The summed E-state index contributed by atoms with van der Waals surface area (Å²) >= 11 is 5.36. The van der Waals surface area contributed by atoms with Crippen LogP contribution in [0.25, 0.3) is 11.0 Å². The van der Waals surface area contributed by atoms with Gasteiger partial charge in [-0.1, -0.05) is 0 Å². The summed E-state index contributed by atoms with van der Waals surface area (Å²) in [6.07, 6.45) is 2.29. The van der Waals surface area contributed by atoms with Crippen LogP contribution in [0, 0.1) is 17.5 Å². The number of hydrogen-bond donors (Lipinski definition) is 1. The van der Waals surface area contributed by atoms with Crippen LogP contribution >= 0.6 is 12.2 Å². The van der Waals surface area contributed by atoms with E-state index in [2.05, 4.69) is 9.55 Å². The molecule has 0 bridgehead atoms. The quantitative estimate of drug-likeness (QED) is 0.865. The smallest absolute Gasteiger partial charge is 0.178 e. The molecule has 0 radical (unpaired) electrons. The van der Waals surface area contributed by atoms with Crippen LogP contribution in [0.15, 0.2) is 12.1 Å². The van der Waals surface area contributed by atoms with Gasteiger partial charge in [0.2, 0.25) is 0 Å². The van der Waals surface area contributed by atoms with Crippen LogP contribution < -0.4 is 0 Å². The molecule has 102 valence electrons. The molecule has 0 saturated heterocycles. The first-order chi connectivity index (χ1) is 9.10. The summed E-state index contributed by atoms with van der Waals surface area (Å²) in [7, 11) is 0. The average Bonchev–Trinajstić information content (AvgIpc) is 2.60. The van der Waals surface area contributed by atoms with Gasteiger partial charge in [0, 0.05) is 12.6 Å². The molecule has 1 saturated carbocycles. The molecule has 1 aliphatic carbocycles. The monoisotopic (exact) mass is 280 g/mol. The van der Waals surface area contributed by atoms with Gasteiger partial charge in [-0.2, -0.15) is 0 Å². The van der Waals surface area contributed by atoms with Crippen molar-refractivity contribution in [2.45, 2.75) is 38.8 Å². The third-order valence-corrected chi connectivity index (χ3v) is 4.13. The molecule has 3 rings (SSSR count). The molecule has 0 aliphatic heterocycles. The molecule has 1 fully saturated rings. The molecule has 1 aliphatic rings. The third-order valence-electron chi connectivity index (χ3n) is 3.83. The lowest BCUT2D eigenvalue weighted by Crippen LogP contribution is -2.33. The number of nitrogens with one attached hydrogen (secondary N) is 1. The van der Waals surface area contributed by atoms with Gasteiger partial charge in [0.15, 0.2) is 4.77 Å². The van der Waals surface area contributed by atoms with Gasteiger partial charge in [-0.05, 0) is 56.6 Å². The van der Waals surface area contributed by atoms with Gasteiger partial charge in [-0.25, -0.2) is 4.39 Å². The highest BCUT2D eigenvalue weighted by molar-refractivity contribution is 7.71. The molecular formula is C14H17FN2OS. The predicted octanol–water partition coefficient (Wildman–Crippen LogP) is 3.89. The van der Waals surface area contributed by atoms with Crippen molar-refractivity contribution in [2.24, 2.45) is 0 Å². The first kappa shape index (κ1) is 12.8. The van der Waals surface area contributed by atoms with Crippen LogP contribution in [-0.4, -0.2) is 22.3 Å². The fourth-order valence-corrected chi connectivity index (χ4v) is 3.09. The van der Waals surface area contributed by atoms with Gasteiger partial charge < -0.3 is 14.3 Å². The number of ether oxygens (including phenoxy) is 1. The number of nitrogens with zero attached hydrogens (tertiary/aromatic N) is 1. The molecule has 0 atom stereocenters. The highest BCUT2D eigenvalue weighted by atomic mass is 32.1. The first-order valence-corrected chi connectivity index (χ1v) is 7.03. The highest BCUT2D eigenvalue weighted by Gasteiger charge is 2.32. The molecule has 0 amide bonds. The van der Waals surface area contributed by atoms with Crippen molar-refractivity contribution in [3.63, 3.8) is 0 Å². The minimum Gasteiger partial charge on any atom is -0.378 e. The number of halogens is 1. The number of benzene rings is 1. The summed E-state index contributed by atoms with van der Waals surface area (Å²) in [4.78, 5) is 3.09. The maximum atomic E-state index is 13.6. The van der Waals surface area contributed by atoms with E-state index in [1.807, 2.05) is 13.0 Å². The Hall–Kier alpha value is -1.20. The summed E-state index contributed by atoms with van der Waals surface area (Å²) in [6.45, 7) is 4.54. The second kappa shape index (κ2) is 4.72. The van der Waals surface area contributed by atoms with Crippen LogP contribution in [0.3, 0.4) is 0 Å². The Bertz CT molecular complexity index is 670. The summed E-state index contributed by atoms with van der Waals surface area (Å²) < 4.78 is 21.9. The average molecular weight is 280 g/mol. The topological polar surface area (TPSA) is 29.9 Å². The zero-order valence-electron chi connectivity index (χ0n) is 11.1. The maximum Gasteiger partial charge on any atom is 0.178 e. The van der Waals surface area contributed by atoms with E-state index < -0.39 is 0 Å². The second-order valence-electron chi connectivity index (χ2n) is 5.12. The van der Waals surface area contributed by atoms with Crippen LogP contribution in [0.4, 0.5) is 4.39 Å². The van der Waals surface area contributed by atoms with Crippen LogP contribution in [0.5, 0.6) is 0 Å². The third kappa shape index (κ3) is 2.11. The van der Waals surface area contributed by atoms with E-state index in [0.717, 1.165) is 30.5 Å². The van der Waals surface area contributed by atoms with E-state index in [1.54, 1.807) is 6.92 Å². The molecule has 0 unspecified atom stereocenters. The van der Waals surface area contributed by atoms with Gasteiger partial charge in [0.1, 0.15) is 5.82 Å². The number of fused-ring (bicyclic) bond motifs is 1. The molecule has 0 spiro atoms. The Morgan fingerprint density at radius 1 is 1.47 bits per heavy atom. The van der Waals surface area contributed by atoms with Crippen molar-refractivity contribution < 1.29 is 9.13 Å². The zero-order valence-corrected chi connectivity index (χ0v) is 11.9. The van der Waals surface area contributed by atoms with Crippen LogP contribution in [0.1, 0.15) is 31.4 Å². The van der Waals surface area contributed by atoms with Crippen molar-refractivity contribution in [1.82, 2.24) is 9.55 Å². The fourth-order valence-electron chi connectivity index (χ4n) is 2.73. The Kier molecular flexibility index (Phi) is 3.19. The number of aromatic nitrogens is 2. The lowest BCUT2D eigenvalue weighted by molar-refractivity contribution is -0.0190. The predicted molar refractivity (Wildman–Crippen MR) is 75.5 cm³/mol. The summed E-state index contributed by atoms with van der Waals surface area (Å²) in [6, 6.07) is 3.75. The molecule has 5 heteroatoms. The van der Waals surface area contributed by atoms with Gasteiger partial charge in [0.05, 0.1) is 17.1 Å². The Balaban J connectivity index is 1.98. The summed E-state index contributed by atoms with van der Waals surface area (Å²) in [5.74, 6) is -0.197. The van der Waals surface area contributed by atoms with Gasteiger partial charge in [-0.15, -0.1) is 0 Å². The van der Waals surface area contributed by atoms with Crippen LogP contribution in [0.2, 0.25) is 0 Å². The van der Waals surface area contributed by atoms with Crippen molar-refractivity contribution in [3.05, 3.63) is 28.3 Å². The number of H-pyrrole nitrogens is 1. The molecule has 19 heavy (non-hydrogen) atoms.